The summed E-state index contributed by atoms with van der Waals surface area (Å²) in [5.41, 5.74) is 0. The van der Waals surface area contributed by atoms with Crippen LogP contribution in [0, 0.1) is 11.8 Å². The summed E-state index contributed by atoms with van der Waals surface area (Å²) in [6.07, 6.45) is 8.83. The van der Waals surface area contributed by atoms with Crippen molar-refractivity contribution in [3.63, 3.8) is 0 Å². The molecule has 120 valence electrons. The molecule has 0 aromatic rings. The Morgan fingerprint density at radius 2 is 2.14 bits per heavy atom. The summed E-state index contributed by atoms with van der Waals surface area (Å²) in [5.74, 6) is 2.42. The van der Waals surface area contributed by atoms with Gasteiger partial charge in [-0.1, -0.05) is 12.2 Å². The Labute approximate surface area is 128 Å². The molecule has 0 amide bonds. The number of allylic oxidation sites excluding steroid dienone is 2. The molecule has 1 fully saturated rings. The Morgan fingerprint density at radius 1 is 1.33 bits per heavy atom. The molecule has 0 bridgehead atoms. The largest absolute Gasteiger partial charge is 0.356 e. The maximum Gasteiger partial charge on any atom is 0.193 e. The van der Waals surface area contributed by atoms with Gasteiger partial charge >= 0.3 is 0 Å². The van der Waals surface area contributed by atoms with Crippen LogP contribution in [0.3, 0.4) is 0 Å². The molecule has 1 heterocycles. The SMILES string of the molecule is CN=C(NCC1CCS(=O)(=O)C1)N(C)CC1CC=CCC1. The zero-order valence-corrected chi connectivity index (χ0v) is 13.9. The van der Waals surface area contributed by atoms with Crippen LogP contribution in [0.5, 0.6) is 0 Å². The summed E-state index contributed by atoms with van der Waals surface area (Å²) in [5, 5.41) is 3.33. The van der Waals surface area contributed by atoms with E-state index in [1.807, 2.05) is 0 Å². The highest BCUT2D eigenvalue weighted by Gasteiger charge is 2.28. The van der Waals surface area contributed by atoms with Gasteiger partial charge in [0.15, 0.2) is 15.8 Å². The summed E-state index contributed by atoms with van der Waals surface area (Å²) < 4.78 is 23.0. The molecule has 1 aliphatic heterocycles. The lowest BCUT2D eigenvalue weighted by molar-refractivity contribution is 0.350. The fourth-order valence-electron chi connectivity index (χ4n) is 3.15. The molecule has 0 aromatic carbocycles. The predicted octanol–water partition coefficient (Wildman–Crippen LogP) is 1.28. The first-order valence-electron chi connectivity index (χ1n) is 7.77. The third-order valence-corrected chi connectivity index (χ3v) is 6.20. The quantitative estimate of drug-likeness (QED) is 0.482. The molecule has 0 radical (unpaired) electrons. The number of rotatable bonds is 4. The van der Waals surface area contributed by atoms with Gasteiger partial charge in [0.1, 0.15) is 0 Å². The Kier molecular flexibility index (Phi) is 5.67. The second-order valence-electron chi connectivity index (χ2n) is 6.23. The highest BCUT2D eigenvalue weighted by atomic mass is 32.2. The van der Waals surface area contributed by atoms with Gasteiger partial charge < -0.3 is 10.2 Å². The summed E-state index contributed by atoms with van der Waals surface area (Å²) in [6, 6.07) is 0. The third-order valence-electron chi connectivity index (χ3n) is 4.36. The van der Waals surface area contributed by atoms with Gasteiger partial charge in [0.25, 0.3) is 0 Å². The summed E-state index contributed by atoms with van der Waals surface area (Å²) in [7, 11) is 1.04. The summed E-state index contributed by atoms with van der Waals surface area (Å²) in [6.45, 7) is 1.69. The van der Waals surface area contributed by atoms with Gasteiger partial charge in [-0.15, -0.1) is 0 Å². The molecule has 2 aliphatic rings. The van der Waals surface area contributed by atoms with Crippen LogP contribution in [-0.4, -0.2) is 58.0 Å². The van der Waals surface area contributed by atoms with Gasteiger partial charge in [-0.3, -0.25) is 4.99 Å². The van der Waals surface area contributed by atoms with Crippen molar-refractivity contribution in [2.45, 2.75) is 25.7 Å². The monoisotopic (exact) mass is 313 g/mol. The Morgan fingerprint density at radius 3 is 2.71 bits per heavy atom. The van der Waals surface area contributed by atoms with E-state index < -0.39 is 9.84 Å². The number of guanidine groups is 1. The Hall–Kier alpha value is -1.04. The number of sulfone groups is 1. The molecule has 5 nitrogen and oxygen atoms in total. The molecule has 2 rings (SSSR count). The fraction of sp³-hybridized carbons (Fsp3) is 0.800. The lowest BCUT2D eigenvalue weighted by Crippen LogP contribution is -2.43. The number of hydrogen-bond acceptors (Lipinski definition) is 3. The van der Waals surface area contributed by atoms with Gasteiger partial charge in [-0.05, 0) is 37.5 Å². The van der Waals surface area contributed by atoms with Crippen LogP contribution in [0.15, 0.2) is 17.1 Å². The second kappa shape index (κ2) is 7.29. The van der Waals surface area contributed by atoms with E-state index >= 15 is 0 Å². The molecular weight excluding hydrogens is 286 g/mol. The lowest BCUT2D eigenvalue weighted by atomic mass is 9.94. The van der Waals surface area contributed by atoms with Crippen molar-refractivity contribution in [1.82, 2.24) is 10.2 Å². The normalized spacial score (nSPS) is 28.6. The van der Waals surface area contributed by atoms with Crippen molar-refractivity contribution in [3.05, 3.63) is 12.2 Å². The van der Waals surface area contributed by atoms with Crippen molar-refractivity contribution in [1.29, 1.82) is 0 Å². The second-order valence-corrected chi connectivity index (χ2v) is 8.46. The molecule has 2 atom stereocenters. The maximum atomic E-state index is 11.5. The minimum absolute atomic E-state index is 0.220. The van der Waals surface area contributed by atoms with E-state index in [4.69, 9.17) is 0 Å². The molecule has 1 aliphatic carbocycles. The first-order valence-corrected chi connectivity index (χ1v) is 9.59. The van der Waals surface area contributed by atoms with Crippen LogP contribution in [0.25, 0.3) is 0 Å². The molecule has 1 saturated heterocycles. The topological polar surface area (TPSA) is 61.8 Å². The van der Waals surface area contributed by atoms with Crippen molar-refractivity contribution < 1.29 is 8.42 Å². The number of aliphatic imine (C=N–C) groups is 1. The zero-order chi connectivity index (χ0) is 15.3. The molecule has 21 heavy (non-hydrogen) atoms. The Balaban J connectivity index is 1.78. The number of nitrogens with one attached hydrogen (secondary N) is 1. The van der Waals surface area contributed by atoms with Gasteiger partial charge in [0.05, 0.1) is 11.5 Å². The molecule has 0 spiro atoms. The molecule has 1 N–H and O–H groups in total. The summed E-state index contributed by atoms with van der Waals surface area (Å²) in [4.78, 5) is 6.47. The molecule has 0 aromatic heterocycles. The summed E-state index contributed by atoms with van der Waals surface area (Å²) >= 11 is 0. The minimum atomic E-state index is -2.79. The minimum Gasteiger partial charge on any atom is -0.356 e. The van der Waals surface area contributed by atoms with Gasteiger partial charge in [-0.2, -0.15) is 0 Å². The first kappa shape index (κ1) is 16.3. The lowest BCUT2D eigenvalue weighted by Gasteiger charge is -2.28. The standard InChI is InChI=1S/C15H27N3O2S/c1-16-15(17-10-14-8-9-21(19,20)12-14)18(2)11-13-6-4-3-5-7-13/h3-4,13-14H,5-12H2,1-2H3,(H,16,17). The van der Waals surface area contributed by atoms with E-state index in [0.29, 0.717) is 24.0 Å². The van der Waals surface area contributed by atoms with Crippen LogP contribution < -0.4 is 5.32 Å². The number of nitrogens with zero attached hydrogens (tertiary/aromatic N) is 2. The first-order chi connectivity index (χ1) is 10.00. The van der Waals surface area contributed by atoms with Crippen LogP contribution in [-0.2, 0) is 9.84 Å². The zero-order valence-electron chi connectivity index (χ0n) is 13.1. The van der Waals surface area contributed by atoms with Crippen LogP contribution in [0.1, 0.15) is 25.7 Å². The van der Waals surface area contributed by atoms with Gasteiger partial charge in [-0.25, -0.2) is 8.42 Å². The van der Waals surface area contributed by atoms with Gasteiger partial charge in [0.2, 0.25) is 0 Å². The van der Waals surface area contributed by atoms with Crippen molar-refractivity contribution in [2.24, 2.45) is 16.8 Å². The predicted molar refractivity (Wildman–Crippen MR) is 87.2 cm³/mol. The van der Waals surface area contributed by atoms with E-state index in [9.17, 15) is 8.42 Å². The van der Waals surface area contributed by atoms with Crippen LogP contribution in [0.4, 0.5) is 0 Å². The van der Waals surface area contributed by atoms with Gasteiger partial charge in [0, 0.05) is 27.2 Å². The smallest absolute Gasteiger partial charge is 0.193 e. The highest BCUT2D eigenvalue weighted by molar-refractivity contribution is 7.91. The Bertz CT molecular complexity index is 499. The van der Waals surface area contributed by atoms with Crippen LogP contribution >= 0.6 is 0 Å². The van der Waals surface area contributed by atoms with Crippen LogP contribution in [0.2, 0.25) is 0 Å². The fourth-order valence-corrected chi connectivity index (χ4v) is 5.01. The third kappa shape index (κ3) is 5.02. The van der Waals surface area contributed by atoms with Crippen molar-refractivity contribution in [3.8, 4) is 0 Å². The van der Waals surface area contributed by atoms with E-state index in [-0.39, 0.29) is 5.92 Å². The molecular formula is C15H27N3O2S. The number of hydrogen-bond donors (Lipinski definition) is 1. The maximum absolute atomic E-state index is 11.5. The van der Waals surface area contributed by atoms with E-state index in [1.54, 1.807) is 7.05 Å². The van der Waals surface area contributed by atoms with E-state index in [1.165, 1.54) is 12.8 Å². The van der Waals surface area contributed by atoms with Crippen molar-refractivity contribution >= 4 is 15.8 Å². The van der Waals surface area contributed by atoms with E-state index in [0.717, 1.165) is 25.3 Å². The molecule has 2 unspecified atom stereocenters. The molecule has 0 saturated carbocycles. The highest BCUT2D eigenvalue weighted by Crippen LogP contribution is 2.19. The van der Waals surface area contributed by atoms with E-state index in [2.05, 4.69) is 34.4 Å². The molecule has 6 heteroatoms. The van der Waals surface area contributed by atoms with Crippen molar-refractivity contribution in [2.75, 3.05) is 38.7 Å². The average Bonchev–Trinajstić information content (AvgIpc) is 2.80. The average molecular weight is 313 g/mol.